The summed E-state index contributed by atoms with van der Waals surface area (Å²) in [6, 6.07) is 8.47. The molecule has 1 aliphatic rings. The molecule has 25 heavy (non-hydrogen) atoms. The Balaban J connectivity index is 1.73. The van der Waals surface area contributed by atoms with Gasteiger partial charge >= 0.3 is 0 Å². The average Bonchev–Trinajstić information content (AvgIpc) is 3.09. The second-order valence-corrected chi connectivity index (χ2v) is 7.28. The van der Waals surface area contributed by atoms with E-state index in [1.165, 1.54) is 19.3 Å². The lowest BCUT2D eigenvalue weighted by Gasteiger charge is -2.17. The maximum atomic E-state index is 5.75. The van der Waals surface area contributed by atoms with Crippen LogP contribution in [0.1, 0.15) is 31.7 Å². The van der Waals surface area contributed by atoms with Crippen LogP contribution in [0.25, 0.3) is 0 Å². The van der Waals surface area contributed by atoms with E-state index in [0.29, 0.717) is 25.8 Å². The van der Waals surface area contributed by atoms with E-state index < -0.39 is 0 Å². The molecule has 140 valence electrons. The number of nitrogens with one attached hydrogen (secondary N) is 2. The van der Waals surface area contributed by atoms with Crippen LogP contribution in [-0.4, -0.2) is 50.3 Å². The van der Waals surface area contributed by atoms with Gasteiger partial charge in [-0.05, 0) is 38.5 Å². The van der Waals surface area contributed by atoms with Crippen molar-refractivity contribution >= 4 is 17.7 Å². The summed E-state index contributed by atoms with van der Waals surface area (Å²) in [5.74, 6) is 1.76. The van der Waals surface area contributed by atoms with Crippen molar-refractivity contribution < 1.29 is 9.47 Å². The minimum absolute atomic E-state index is 0.532. The van der Waals surface area contributed by atoms with Crippen molar-refractivity contribution in [2.45, 2.75) is 44.1 Å². The zero-order chi connectivity index (χ0) is 17.9. The summed E-state index contributed by atoms with van der Waals surface area (Å²) < 4.78 is 11.1. The van der Waals surface area contributed by atoms with Crippen molar-refractivity contribution in [2.75, 3.05) is 33.1 Å². The van der Waals surface area contributed by atoms with Gasteiger partial charge in [0.25, 0.3) is 0 Å². The highest BCUT2D eigenvalue weighted by atomic mass is 32.2. The predicted octanol–water partition coefficient (Wildman–Crippen LogP) is 3.05. The quantitative estimate of drug-likeness (QED) is 0.400. The van der Waals surface area contributed by atoms with Gasteiger partial charge < -0.3 is 20.1 Å². The van der Waals surface area contributed by atoms with E-state index in [2.05, 4.69) is 28.8 Å². The molecule has 1 aliphatic carbocycles. The molecule has 0 bridgehead atoms. The van der Waals surface area contributed by atoms with Gasteiger partial charge in [0.1, 0.15) is 5.75 Å². The zero-order valence-electron chi connectivity index (χ0n) is 15.6. The smallest absolute Gasteiger partial charge is 0.191 e. The minimum Gasteiger partial charge on any atom is -0.496 e. The van der Waals surface area contributed by atoms with Crippen molar-refractivity contribution in [1.29, 1.82) is 0 Å². The van der Waals surface area contributed by atoms with Crippen LogP contribution in [0, 0.1) is 0 Å². The largest absolute Gasteiger partial charge is 0.496 e. The Bertz CT molecular complexity index is 539. The Morgan fingerprint density at radius 3 is 2.88 bits per heavy atom. The number of methoxy groups -OCH3 is 1. The van der Waals surface area contributed by atoms with Gasteiger partial charge in [-0.25, -0.2) is 0 Å². The molecule has 2 unspecified atom stereocenters. The number of nitrogens with zero attached hydrogens (tertiary/aromatic N) is 1. The van der Waals surface area contributed by atoms with Gasteiger partial charge in [-0.1, -0.05) is 18.2 Å². The van der Waals surface area contributed by atoms with Crippen LogP contribution in [0.2, 0.25) is 0 Å². The topological polar surface area (TPSA) is 54.9 Å². The second-order valence-electron chi connectivity index (χ2n) is 6.14. The van der Waals surface area contributed by atoms with Crippen molar-refractivity contribution in [3.05, 3.63) is 29.8 Å². The molecule has 0 aliphatic heterocycles. The highest BCUT2D eigenvalue weighted by Crippen LogP contribution is 2.28. The van der Waals surface area contributed by atoms with Gasteiger partial charge in [-0.2, -0.15) is 11.8 Å². The monoisotopic (exact) mass is 365 g/mol. The number of rotatable bonds is 9. The van der Waals surface area contributed by atoms with Gasteiger partial charge in [0.15, 0.2) is 5.96 Å². The van der Waals surface area contributed by atoms with Crippen molar-refractivity contribution in [1.82, 2.24) is 10.6 Å². The Morgan fingerprint density at radius 2 is 2.16 bits per heavy atom. The molecule has 1 aromatic carbocycles. The lowest BCUT2D eigenvalue weighted by Crippen LogP contribution is -2.42. The van der Waals surface area contributed by atoms with Crippen molar-refractivity contribution in [2.24, 2.45) is 4.99 Å². The third kappa shape index (κ3) is 6.78. The number of hydrogen-bond acceptors (Lipinski definition) is 4. The fourth-order valence-electron chi connectivity index (χ4n) is 3.02. The molecule has 1 aromatic rings. The first-order valence-electron chi connectivity index (χ1n) is 9.04. The molecule has 0 saturated heterocycles. The summed E-state index contributed by atoms with van der Waals surface area (Å²) in [6.07, 6.45) is 5.93. The highest BCUT2D eigenvalue weighted by molar-refractivity contribution is 7.99. The maximum absolute atomic E-state index is 5.75. The molecule has 0 heterocycles. The minimum atomic E-state index is 0.532. The zero-order valence-corrected chi connectivity index (χ0v) is 16.4. The molecule has 0 aromatic heterocycles. The van der Waals surface area contributed by atoms with E-state index in [9.17, 15) is 0 Å². The van der Waals surface area contributed by atoms with Crippen LogP contribution in [-0.2, 0) is 11.3 Å². The summed E-state index contributed by atoms with van der Waals surface area (Å²) in [4.78, 5) is 4.63. The number of aliphatic imine (C=N–C) groups is 1. The molecule has 0 radical (unpaired) electrons. The van der Waals surface area contributed by atoms with Gasteiger partial charge in [0, 0.05) is 23.4 Å². The van der Waals surface area contributed by atoms with Crippen LogP contribution in [0.5, 0.6) is 5.75 Å². The lowest BCUT2D eigenvalue weighted by molar-refractivity contribution is 0.126. The molecule has 2 rings (SSSR count). The van der Waals surface area contributed by atoms with E-state index in [0.717, 1.165) is 29.1 Å². The van der Waals surface area contributed by atoms with E-state index >= 15 is 0 Å². The van der Waals surface area contributed by atoms with E-state index in [-0.39, 0.29) is 0 Å². The van der Waals surface area contributed by atoms with Gasteiger partial charge in [0.05, 0.1) is 26.9 Å². The summed E-state index contributed by atoms with van der Waals surface area (Å²) in [6.45, 7) is 4.73. The molecule has 5 nitrogen and oxygen atoms in total. The van der Waals surface area contributed by atoms with Crippen molar-refractivity contribution in [3.8, 4) is 5.75 Å². The van der Waals surface area contributed by atoms with Crippen LogP contribution in [0.4, 0.5) is 0 Å². The second kappa shape index (κ2) is 11.3. The number of ether oxygens (including phenoxy) is 2. The first-order valence-corrected chi connectivity index (χ1v) is 10.3. The number of para-hydroxylation sites is 1. The Morgan fingerprint density at radius 1 is 1.32 bits per heavy atom. The van der Waals surface area contributed by atoms with Gasteiger partial charge in [-0.3, -0.25) is 4.99 Å². The molecular weight excluding hydrogens is 334 g/mol. The maximum Gasteiger partial charge on any atom is 0.191 e. The fourth-order valence-corrected chi connectivity index (χ4v) is 3.82. The molecule has 2 N–H and O–H groups in total. The third-order valence-electron chi connectivity index (χ3n) is 4.36. The summed E-state index contributed by atoms with van der Waals surface area (Å²) >= 11 is 1.97. The van der Waals surface area contributed by atoms with Crippen LogP contribution >= 0.6 is 11.8 Å². The molecule has 6 heteroatoms. The Labute approximate surface area is 156 Å². The fraction of sp³-hybridized carbons (Fsp3) is 0.632. The predicted molar refractivity (Wildman–Crippen MR) is 107 cm³/mol. The molecule has 0 spiro atoms. The Kier molecular flexibility index (Phi) is 8.97. The van der Waals surface area contributed by atoms with Crippen LogP contribution in [0.15, 0.2) is 29.3 Å². The molecule has 1 fully saturated rings. The molecule has 2 atom stereocenters. The Hall–Kier alpha value is -1.40. The number of benzene rings is 1. The van der Waals surface area contributed by atoms with E-state index in [1.54, 1.807) is 7.11 Å². The standard InChI is InChI=1S/C19H31N3O2S/c1-4-20-19(22-16-9-10-17(13-16)25-3)21-11-12-24-14-15-7-5-6-8-18(15)23-2/h5-8,16-17H,4,9-14H2,1-3H3,(H2,20,21,22). The van der Waals surface area contributed by atoms with Crippen LogP contribution < -0.4 is 15.4 Å². The molecule has 0 amide bonds. The highest BCUT2D eigenvalue weighted by Gasteiger charge is 2.24. The van der Waals surface area contributed by atoms with Crippen molar-refractivity contribution in [3.63, 3.8) is 0 Å². The lowest BCUT2D eigenvalue weighted by atomic mass is 10.2. The van der Waals surface area contributed by atoms with Crippen LogP contribution in [0.3, 0.4) is 0 Å². The third-order valence-corrected chi connectivity index (χ3v) is 5.45. The average molecular weight is 366 g/mol. The molecular formula is C19H31N3O2S. The summed E-state index contributed by atoms with van der Waals surface area (Å²) in [7, 11) is 1.68. The number of hydrogen-bond donors (Lipinski definition) is 2. The normalized spacial score (nSPS) is 20.5. The summed E-state index contributed by atoms with van der Waals surface area (Å²) in [5, 5.41) is 7.67. The summed E-state index contributed by atoms with van der Waals surface area (Å²) in [5.41, 5.74) is 1.06. The van der Waals surface area contributed by atoms with E-state index in [4.69, 9.17) is 9.47 Å². The van der Waals surface area contributed by atoms with Gasteiger partial charge in [-0.15, -0.1) is 0 Å². The first-order chi connectivity index (χ1) is 12.3. The SMILES string of the molecule is CCNC(=NCCOCc1ccccc1OC)NC1CCC(SC)C1. The van der Waals surface area contributed by atoms with E-state index in [1.807, 2.05) is 36.0 Å². The number of thioether (sulfide) groups is 1. The first kappa shape index (κ1) is 19.9. The molecule has 1 saturated carbocycles. The van der Waals surface area contributed by atoms with Gasteiger partial charge in [0.2, 0.25) is 0 Å². The number of guanidine groups is 1.